The van der Waals surface area contributed by atoms with Crippen LogP contribution in [0, 0.1) is 0 Å². The Balaban J connectivity index is 0.888. The van der Waals surface area contributed by atoms with Gasteiger partial charge in [0.25, 0.3) is 0 Å². The maximum atomic E-state index is 2.43. The van der Waals surface area contributed by atoms with E-state index in [1.54, 1.807) is 0 Å². The van der Waals surface area contributed by atoms with Gasteiger partial charge in [-0.3, -0.25) is 0 Å². The molecule has 0 unspecified atom stereocenters. The molecule has 344 valence electrons. The van der Waals surface area contributed by atoms with Crippen molar-refractivity contribution in [2.45, 2.75) is 19.3 Å². The van der Waals surface area contributed by atoms with Gasteiger partial charge in [-0.05, 0) is 154 Å². The molecule has 1 aromatic heterocycles. The lowest BCUT2D eigenvalue weighted by molar-refractivity contribution is 0.660. The summed E-state index contributed by atoms with van der Waals surface area (Å²) in [6, 6.07) is 96.7. The highest BCUT2D eigenvalue weighted by molar-refractivity contribution is 7.26. The van der Waals surface area contributed by atoms with Crippen molar-refractivity contribution in [3.8, 4) is 66.8 Å². The Kier molecular flexibility index (Phi) is 10.1. The second-order valence-electron chi connectivity index (χ2n) is 20.0. The fourth-order valence-electron chi connectivity index (χ4n) is 11.9. The van der Waals surface area contributed by atoms with Gasteiger partial charge in [0.1, 0.15) is 0 Å². The Labute approximate surface area is 430 Å². The smallest absolute Gasteiger partial charge is 0.0468 e. The molecule has 0 bridgehead atoms. The van der Waals surface area contributed by atoms with Gasteiger partial charge in [-0.25, -0.2) is 0 Å². The molecule has 0 atom stereocenters. The molecule has 0 N–H and O–H groups in total. The van der Waals surface area contributed by atoms with Crippen molar-refractivity contribution in [3.63, 3.8) is 0 Å². The highest BCUT2D eigenvalue weighted by Gasteiger charge is 2.37. The molecule has 13 aromatic rings. The van der Waals surface area contributed by atoms with E-state index < -0.39 is 0 Å². The lowest BCUT2D eigenvalue weighted by Gasteiger charge is -2.27. The van der Waals surface area contributed by atoms with Gasteiger partial charge in [0.2, 0.25) is 0 Å². The fraction of sp³-hybridized carbons (Fsp3) is 0.0423. The minimum Gasteiger partial charge on any atom is -0.310 e. The van der Waals surface area contributed by atoms with E-state index in [-0.39, 0.29) is 5.41 Å². The summed E-state index contributed by atoms with van der Waals surface area (Å²) in [5.41, 5.74) is 20.9. The van der Waals surface area contributed by atoms with Crippen LogP contribution in [-0.2, 0) is 5.41 Å². The first-order valence-corrected chi connectivity index (χ1v) is 26.1. The predicted octanol–water partition coefficient (Wildman–Crippen LogP) is 20.5. The van der Waals surface area contributed by atoms with Crippen molar-refractivity contribution in [2.75, 3.05) is 4.90 Å². The monoisotopic (exact) mass is 947 g/mol. The molecule has 1 aliphatic rings. The van der Waals surface area contributed by atoms with Crippen LogP contribution in [0.2, 0.25) is 0 Å². The van der Waals surface area contributed by atoms with Crippen molar-refractivity contribution >= 4 is 70.1 Å². The summed E-state index contributed by atoms with van der Waals surface area (Å²) < 4.78 is 2.60. The van der Waals surface area contributed by atoms with E-state index in [0.29, 0.717) is 0 Å². The Bertz CT molecular complexity index is 4280. The molecule has 73 heavy (non-hydrogen) atoms. The molecule has 0 radical (unpaired) electrons. The first kappa shape index (κ1) is 43.0. The topological polar surface area (TPSA) is 3.24 Å². The average Bonchev–Trinajstić information content (AvgIpc) is 3.95. The summed E-state index contributed by atoms with van der Waals surface area (Å²) in [5.74, 6) is 0. The average molecular weight is 948 g/mol. The zero-order valence-corrected chi connectivity index (χ0v) is 41.5. The van der Waals surface area contributed by atoms with E-state index in [4.69, 9.17) is 0 Å². The zero-order chi connectivity index (χ0) is 48.6. The van der Waals surface area contributed by atoms with Gasteiger partial charge in [-0.1, -0.05) is 220 Å². The van der Waals surface area contributed by atoms with E-state index in [9.17, 15) is 0 Å². The normalized spacial score (nSPS) is 12.6. The number of thiophene rings is 1. The number of hydrogen-bond acceptors (Lipinski definition) is 2. The van der Waals surface area contributed by atoms with Gasteiger partial charge in [-0.2, -0.15) is 0 Å². The van der Waals surface area contributed by atoms with Crippen LogP contribution < -0.4 is 4.90 Å². The molecule has 0 amide bonds. The molecule has 2 heteroatoms. The third kappa shape index (κ3) is 7.20. The summed E-state index contributed by atoms with van der Waals surface area (Å²) in [6.07, 6.45) is 0. The van der Waals surface area contributed by atoms with Crippen molar-refractivity contribution in [2.24, 2.45) is 0 Å². The lowest BCUT2D eigenvalue weighted by Crippen LogP contribution is -2.14. The Morgan fingerprint density at radius 3 is 1.67 bits per heavy atom. The van der Waals surface area contributed by atoms with Crippen LogP contribution in [0.3, 0.4) is 0 Å². The quantitative estimate of drug-likeness (QED) is 0.147. The fourth-order valence-corrected chi connectivity index (χ4v) is 13.0. The van der Waals surface area contributed by atoms with Crippen LogP contribution in [0.25, 0.3) is 108 Å². The van der Waals surface area contributed by atoms with E-state index in [1.807, 2.05) is 11.3 Å². The summed E-state index contributed by atoms with van der Waals surface area (Å²) >= 11 is 1.88. The standard InChI is InChI=1S/C71H49NS/c1-71(2)65-41-35-52(46-16-5-3-6-17-46)43-64(65)69-60(26-14-28-66(69)71)58-24-12-11-23-57(58)50-31-36-54(37-32-50)72(55-38-30-48-20-9-10-21-51(48)42-55)56-39-33-49-22-13-25-59(63(49)45-56)61-27-15-29-67-70(61)62-40-34-53(44-68(62)73-67)47-18-7-4-8-19-47/h3-45H,1-2H3. The van der Waals surface area contributed by atoms with Crippen LogP contribution >= 0.6 is 11.3 Å². The highest BCUT2D eigenvalue weighted by atomic mass is 32.1. The molecule has 14 rings (SSSR count). The third-order valence-corrected chi connectivity index (χ3v) is 16.6. The molecule has 0 fully saturated rings. The number of hydrogen-bond donors (Lipinski definition) is 0. The first-order valence-electron chi connectivity index (χ1n) is 25.3. The minimum absolute atomic E-state index is 0.124. The second kappa shape index (κ2) is 17.2. The number of anilines is 3. The third-order valence-electron chi connectivity index (χ3n) is 15.5. The van der Waals surface area contributed by atoms with E-state index in [1.165, 1.54) is 120 Å². The lowest BCUT2D eigenvalue weighted by atomic mass is 9.81. The van der Waals surface area contributed by atoms with Crippen LogP contribution in [-0.4, -0.2) is 0 Å². The maximum absolute atomic E-state index is 2.43. The van der Waals surface area contributed by atoms with E-state index >= 15 is 0 Å². The van der Waals surface area contributed by atoms with Crippen molar-refractivity contribution < 1.29 is 0 Å². The first-order chi connectivity index (χ1) is 35.9. The van der Waals surface area contributed by atoms with Gasteiger partial charge in [-0.15, -0.1) is 11.3 Å². The molecule has 0 saturated heterocycles. The van der Waals surface area contributed by atoms with Crippen LogP contribution in [0.4, 0.5) is 17.1 Å². The number of fused-ring (bicyclic) bond motifs is 8. The van der Waals surface area contributed by atoms with Gasteiger partial charge >= 0.3 is 0 Å². The van der Waals surface area contributed by atoms with Crippen LogP contribution in [0.5, 0.6) is 0 Å². The summed E-state index contributed by atoms with van der Waals surface area (Å²) in [7, 11) is 0. The zero-order valence-electron chi connectivity index (χ0n) is 40.7. The minimum atomic E-state index is -0.124. The number of rotatable bonds is 8. The Morgan fingerprint density at radius 2 is 0.877 bits per heavy atom. The number of nitrogens with zero attached hydrogens (tertiary/aromatic N) is 1. The Hall–Kier alpha value is -8.82. The maximum Gasteiger partial charge on any atom is 0.0468 e. The van der Waals surface area contributed by atoms with Crippen molar-refractivity contribution in [1.29, 1.82) is 0 Å². The molecule has 1 heterocycles. The summed E-state index contributed by atoms with van der Waals surface area (Å²) in [5, 5.41) is 7.47. The second-order valence-corrected chi connectivity index (χ2v) is 21.1. The molecular formula is C71H49NS. The molecule has 0 saturated carbocycles. The van der Waals surface area contributed by atoms with Gasteiger partial charge < -0.3 is 4.90 Å². The van der Waals surface area contributed by atoms with Gasteiger partial charge in [0.15, 0.2) is 0 Å². The largest absolute Gasteiger partial charge is 0.310 e. The molecule has 1 aliphatic carbocycles. The summed E-state index contributed by atoms with van der Waals surface area (Å²) in [4.78, 5) is 2.43. The number of benzene rings is 12. The molecule has 0 aliphatic heterocycles. The summed E-state index contributed by atoms with van der Waals surface area (Å²) in [6.45, 7) is 4.75. The molecular weight excluding hydrogens is 899 g/mol. The van der Waals surface area contributed by atoms with E-state index in [2.05, 4.69) is 280 Å². The highest BCUT2D eigenvalue weighted by Crippen LogP contribution is 2.54. The molecule has 12 aromatic carbocycles. The SMILES string of the molecule is CC1(C)c2ccc(-c3ccccc3)cc2-c2c(-c3ccccc3-c3ccc(N(c4ccc5ccccc5c4)c4ccc5cccc(-c6cccc7sc8cc(-c9ccccc9)ccc8c67)c5c4)cc3)cccc21. The molecule has 1 nitrogen and oxygen atoms in total. The Morgan fingerprint density at radius 1 is 0.301 bits per heavy atom. The van der Waals surface area contributed by atoms with Crippen molar-refractivity contribution in [1.82, 2.24) is 0 Å². The van der Waals surface area contributed by atoms with Crippen molar-refractivity contribution in [3.05, 3.63) is 272 Å². The van der Waals surface area contributed by atoms with E-state index in [0.717, 1.165) is 17.1 Å². The van der Waals surface area contributed by atoms with Crippen LogP contribution in [0.15, 0.2) is 261 Å². The van der Waals surface area contributed by atoms with Gasteiger partial charge in [0, 0.05) is 42.6 Å². The van der Waals surface area contributed by atoms with Crippen LogP contribution in [0.1, 0.15) is 25.0 Å². The predicted molar refractivity (Wildman–Crippen MR) is 314 cm³/mol. The van der Waals surface area contributed by atoms with Gasteiger partial charge in [0.05, 0.1) is 0 Å². The molecule has 0 spiro atoms.